The van der Waals surface area contributed by atoms with Gasteiger partial charge in [-0.05, 0) is 30.8 Å². The maximum Gasteiger partial charge on any atom is 0.326 e. The summed E-state index contributed by atoms with van der Waals surface area (Å²) in [5, 5.41) is 33.9. The standard InChI is InChI=1S/C20H34N4O9S/c1-4-10(2)16(24-17(29)11(21)5-6-14(25)26)19(31)22-12(7-8-34-3)18(30)23-13(20(32)33)9-15(27)28/h10-13,16H,4-9,21H2,1-3H3,(H,22,31)(H,23,30)(H,24,29)(H,25,26)(H,27,28)(H,32,33). The molecule has 5 unspecified atom stereocenters. The number of hydrogen-bond donors (Lipinski definition) is 7. The van der Waals surface area contributed by atoms with E-state index in [0.29, 0.717) is 12.2 Å². The van der Waals surface area contributed by atoms with Crippen molar-refractivity contribution >= 4 is 47.4 Å². The van der Waals surface area contributed by atoms with Gasteiger partial charge < -0.3 is 37.0 Å². The Labute approximate surface area is 201 Å². The molecule has 34 heavy (non-hydrogen) atoms. The number of nitrogens with one attached hydrogen (secondary N) is 3. The second kappa shape index (κ2) is 15.9. The molecule has 0 aromatic heterocycles. The Morgan fingerprint density at radius 3 is 1.91 bits per heavy atom. The normalized spacial score (nSPS) is 15.2. The zero-order valence-corrected chi connectivity index (χ0v) is 20.2. The molecule has 0 bridgehead atoms. The van der Waals surface area contributed by atoms with Crippen LogP contribution in [0.15, 0.2) is 0 Å². The number of rotatable bonds is 17. The van der Waals surface area contributed by atoms with Crippen molar-refractivity contribution < 1.29 is 44.1 Å². The van der Waals surface area contributed by atoms with Crippen LogP contribution >= 0.6 is 11.8 Å². The fraction of sp³-hybridized carbons (Fsp3) is 0.700. The van der Waals surface area contributed by atoms with E-state index in [1.807, 2.05) is 0 Å². The lowest BCUT2D eigenvalue weighted by atomic mass is 9.97. The highest BCUT2D eigenvalue weighted by Gasteiger charge is 2.32. The first-order chi connectivity index (χ1) is 15.8. The molecule has 3 amide bonds. The Kier molecular flexibility index (Phi) is 14.5. The van der Waals surface area contributed by atoms with E-state index in [2.05, 4.69) is 16.0 Å². The maximum absolute atomic E-state index is 13.0. The predicted molar refractivity (Wildman–Crippen MR) is 123 cm³/mol. The van der Waals surface area contributed by atoms with Crippen molar-refractivity contribution in [1.82, 2.24) is 16.0 Å². The van der Waals surface area contributed by atoms with Gasteiger partial charge in [-0.3, -0.25) is 24.0 Å². The predicted octanol–water partition coefficient (Wildman–Crippen LogP) is -1.01. The molecular formula is C20H34N4O9S. The summed E-state index contributed by atoms with van der Waals surface area (Å²) in [5.74, 6) is -6.33. The summed E-state index contributed by atoms with van der Waals surface area (Å²) in [4.78, 5) is 70.9. The van der Waals surface area contributed by atoms with Crippen LogP contribution < -0.4 is 21.7 Å². The summed E-state index contributed by atoms with van der Waals surface area (Å²) >= 11 is 1.38. The first kappa shape index (κ1) is 31.1. The molecule has 14 heteroatoms. The summed E-state index contributed by atoms with van der Waals surface area (Å²) < 4.78 is 0. The molecule has 194 valence electrons. The zero-order chi connectivity index (χ0) is 26.4. The second-order valence-corrected chi connectivity index (χ2v) is 8.74. The van der Waals surface area contributed by atoms with E-state index in [-0.39, 0.29) is 25.2 Å². The third-order valence-electron chi connectivity index (χ3n) is 5.04. The lowest BCUT2D eigenvalue weighted by Crippen LogP contribution is -2.58. The number of aliphatic carboxylic acids is 3. The number of carboxylic acid groups (broad SMARTS) is 3. The van der Waals surface area contributed by atoms with Gasteiger partial charge in [0.25, 0.3) is 0 Å². The van der Waals surface area contributed by atoms with Gasteiger partial charge in [-0.1, -0.05) is 20.3 Å². The number of carboxylic acids is 3. The largest absolute Gasteiger partial charge is 0.481 e. The van der Waals surface area contributed by atoms with E-state index in [1.54, 1.807) is 20.1 Å². The lowest BCUT2D eigenvalue weighted by molar-refractivity contribution is -0.147. The van der Waals surface area contributed by atoms with Crippen LogP contribution in [-0.4, -0.2) is 87.1 Å². The first-order valence-corrected chi connectivity index (χ1v) is 12.0. The smallest absolute Gasteiger partial charge is 0.326 e. The number of amides is 3. The summed E-state index contributed by atoms with van der Waals surface area (Å²) in [6.45, 7) is 3.47. The van der Waals surface area contributed by atoms with Crippen LogP contribution in [0.2, 0.25) is 0 Å². The molecule has 5 atom stereocenters. The van der Waals surface area contributed by atoms with Gasteiger partial charge in [-0.25, -0.2) is 4.79 Å². The highest BCUT2D eigenvalue weighted by atomic mass is 32.2. The van der Waals surface area contributed by atoms with Crippen molar-refractivity contribution in [1.29, 1.82) is 0 Å². The van der Waals surface area contributed by atoms with E-state index in [1.165, 1.54) is 11.8 Å². The van der Waals surface area contributed by atoms with Gasteiger partial charge in [0, 0.05) is 6.42 Å². The van der Waals surface area contributed by atoms with E-state index in [4.69, 9.17) is 21.1 Å². The number of thioether (sulfide) groups is 1. The van der Waals surface area contributed by atoms with Gasteiger partial charge in [0.05, 0.1) is 12.5 Å². The Morgan fingerprint density at radius 1 is 0.853 bits per heavy atom. The van der Waals surface area contributed by atoms with Gasteiger partial charge in [-0.2, -0.15) is 11.8 Å². The Balaban J connectivity index is 5.50. The molecule has 13 nitrogen and oxygen atoms in total. The third-order valence-corrected chi connectivity index (χ3v) is 5.68. The maximum atomic E-state index is 13.0. The second-order valence-electron chi connectivity index (χ2n) is 7.75. The minimum absolute atomic E-state index is 0.122. The molecule has 0 aromatic carbocycles. The van der Waals surface area contributed by atoms with Crippen molar-refractivity contribution in [2.45, 2.75) is 70.1 Å². The van der Waals surface area contributed by atoms with Gasteiger partial charge in [0.15, 0.2) is 0 Å². The fourth-order valence-electron chi connectivity index (χ4n) is 2.79. The van der Waals surface area contributed by atoms with Crippen molar-refractivity contribution in [3.63, 3.8) is 0 Å². The van der Waals surface area contributed by atoms with E-state index < -0.39 is 66.2 Å². The quantitative estimate of drug-likeness (QED) is 0.126. The average Bonchev–Trinajstić information content (AvgIpc) is 2.76. The Morgan fingerprint density at radius 2 is 1.44 bits per heavy atom. The summed E-state index contributed by atoms with van der Waals surface area (Å²) in [6, 6.07) is -5.11. The van der Waals surface area contributed by atoms with E-state index in [9.17, 15) is 28.8 Å². The Bertz CT molecular complexity index is 750. The zero-order valence-electron chi connectivity index (χ0n) is 19.4. The van der Waals surface area contributed by atoms with Crippen LogP contribution in [0.25, 0.3) is 0 Å². The molecule has 0 saturated carbocycles. The van der Waals surface area contributed by atoms with Crippen LogP contribution in [0.1, 0.15) is 46.0 Å². The topological polar surface area (TPSA) is 225 Å². The molecule has 8 N–H and O–H groups in total. The average molecular weight is 507 g/mol. The molecule has 0 aliphatic carbocycles. The highest BCUT2D eigenvalue weighted by Crippen LogP contribution is 2.11. The molecule has 0 saturated heterocycles. The van der Waals surface area contributed by atoms with Gasteiger partial charge in [-0.15, -0.1) is 0 Å². The van der Waals surface area contributed by atoms with Crippen molar-refractivity contribution in [2.75, 3.05) is 12.0 Å². The van der Waals surface area contributed by atoms with Gasteiger partial charge in [0.1, 0.15) is 18.1 Å². The monoisotopic (exact) mass is 506 g/mol. The minimum Gasteiger partial charge on any atom is -0.481 e. The minimum atomic E-state index is -1.68. The van der Waals surface area contributed by atoms with E-state index >= 15 is 0 Å². The van der Waals surface area contributed by atoms with Crippen LogP contribution in [-0.2, 0) is 28.8 Å². The molecule has 0 rings (SSSR count). The van der Waals surface area contributed by atoms with E-state index in [0.717, 1.165) is 0 Å². The van der Waals surface area contributed by atoms with Gasteiger partial charge >= 0.3 is 17.9 Å². The summed E-state index contributed by atoms with van der Waals surface area (Å²) in [6.07, 6.45) is 1.06. The SMILES string of the molecule is CCC(C)C(NC(=O)C(N)CCC(=O)O)C(=O)NC(CCSC)C(=O)NC(CC(=O)O)C(=O)O. The molecular weight excluding hydrogens is 472 g/mol. The molecule has 0 aliphatic rings. The summed E-state index contributed by atoms with van der Waals surface area (Å²) in [5.41, 5.74) is 5.72. The molecule has 0 aliphatic heterocycles. The third kappa shape index (κ3) is 11.8. The molecule has 0 radical (unpaired) electrons. The van der Waals surface area contributed by atoms with Gasteiger partial charge in [0.2, 0.25) is 17.7 Å². The molecule has 0 spiro atoms. The van der Waals surface area contributed by atoms with Crippen LogP contribution in [0.3, 0.4) is 0 Å². The fourth-order valence-corrected chi connectivity index (χ4v) is 3.26. The summed E-state index contributed by atoms with van der Waals surface area (Å²) in [7, 11) is 0. The Hall–Kier alpha value is -2.87. The van der Waals surface area contributed by atoms with Crippen LogP contribution in [0.5, 0.6) is 0 Å². The molecule has 0 heterocycles. The number of carbonyl (C=O) groups is 6. The van der Waals surface area contributed by atoms with Crippen LogP contribution in [0, 0.1) is 5.92 Å². The number of nitrogens with two attached hydrogens (primary N) is 1. The molecule has 0 aromatic rings. The first-order valence-electron chi connectivity index (χ1n) is 10.7. The molecule has 0 fully saturated rings. The number of carbonyl (C=O) groups excluding carboxylic acids is 3. The van der Waals surface area contributed by atoms with Crippen molar-refractivity contribution in [3.8, 4) is 0 Å². The van der Waals surface area contributed by atoms with Crippen LogP contribution in [0.4, 0.5) is 0 Å². The lowest BCUT2D eigenvalue weighted by Gasteiger charge is -2.27. The van der Waals surface area contributed by atoms with Crippen molar-refractivity contribution in [2.24, 2.45) is 11.7 Å². The number of hydrogen-bond acceptors (Lipinski definition) is 8. The van der Waals surface area contributed by atoms with Crippen molar-refractivity contribution in [3.05, 3.63) is 0 Å². The highest BCUT2D eigenvalue weighted by molar-refractivity contribution is 7.98.